The van der Waals surface area contributed by atoms with Crippen LogP contribution in [0.3, 0.4) is 0 Å². The summed E-state index contributed by atoms with van der Waals surface area (Å²) < 4.78 is 5.32. The van der Waals surface area contributed by atoms with Crippen molar-refractivity contribution in [2.75, 3.05) is 26.3 Å². The van der Waals surface area contributed by atoms with E-state index in [1.807, 2.05) is 36.1 Å². The van der Waals surface area contributed by atoms with Crippen molar-refractivity contribution in [2.24, 2.45) is 0 Å². The summed E-state index contributed by atoms with van der Waals surface area (Å²) in [5.74, 6) is -0.779. The standard InChI is InChI=1S/C14H19NO3/c1-2-18-10-9-15-8-7-11-5-3-4-6-12(11)13(15)14(16)17/h3-6,13H,2,7-10H2,1H3,(H,16,17). The largest absolute Gasteiger partial charge is 0.480 e. The second-order valence-corrected chi connectivity index (χ2v) is 4.42. The topological polar surface area (TPSA) is 49.8 Å². The molecule has 0 radical (unpaired) electrons. The minimum absolute atomic E-state index is 0.532. The van der Waals surface area contributed by atoms with Crippen molar-refractivity contribution in [1.82, 2.24) is 4.90 Å². The third kappa shape index (κ3) is 2.71. The number of ether oxygens (including phenoxy) is 1. The summed E-state index contributed by atoms with van der Waals surface area (Å²) >= 11 is 0. The molecule has 4 nitrogen and oxygen atoms in total. The Morgan fingerprint density at radius 1 is 1.50 bits per heavy atom. The fraction of sp³-hybridized carbons (Fsp3) is 0.500. The van der Waals surface area contributed by atoms with Gasteiger partial charge in [-0.15, -0.1) is 0 Å². The van der Waals surface area contributed by atoms with Crippen LogP contribution in [0, 0.1) is 0 Å². The Morgan fingerprint density at radius 3 is 3.00 bits per heavy atom. The molecule has 0 aliphatic carbocycles. The van der Waals surface area contributed by atoms with Gasteiger partial charge in [0.15, 0.2) is 0 Å². The maximum atomic E-state index is 11.5. The van der Waals surface area contributed by atoms with E-state index in [-0.39, 0.29) is 0 Å². The molecule has 0 aromatic heterocycles. The molecule has 0 fully saturated rings. The molecule has 1 aliphatic heterocycles. The van der Waals surface area contributed by atoms with Crippen LogP contribution in [-0.4, -0.2) is 42.3 Å². The third-order valence-electron chi connectivity index (χ3n) is 3.34. The van der Waals surface area contributed by atoms with Crippen molar-refractivity contribution < 1.29 is 14.6 Å². The first-order valence-corrected chi connectivity index (χ1v) is 6.36. The molecule has 1 unspecified atom stereocenters. The lowest BCUT2D eigenvalue weighted by atomic mass is 9.92. The minimum atomic E-state index is -0.779. The zero-order chi connectivity index (χ0) is 13.0. The minimum Gasteiger partial charge on any atom is -0.480 e. The molecule has 98 valence electrons. The molecule has 0 bridgehead atoms. The second-order valence-electron chi connectivity index (χ2n) is 4.42. The van der Waals surface area contributed by atoms with E-state index >= 15 is 0 Å². The number of carbonyl (C=O) groups is 1. The van der Waals surface area contributed by atoms with E-state index in [9.17, 15) is 9.90 Å². The second kappa shape index (κ2) is 5.98. The number of rotatable bonds is 5. The number of fused-ring (bicyclic) bond motifs is 1. The average Bonchev–Trinajstić information content (AvgIpc) is 2.38. The van der Waals surface area contributed by atoms with Crippen LogP contribution in [0.25, 0.3) is 0 Å². The van der Waals surface area contributed by atoms with Crippen LogP contribution in [0.2, 0.25) is 0 Å². The van der Waals surface area contributed by atoms with Crippen molar-refractivity contribution in [3.63, 3.8) is 0 Å². The fourth-order valence-electron chi connectivity index (χ4n) is 2.47. The van der Waals surface area contributed by atoms with Crippen LogP contribution >= 0.6 is 0 Å². The first kappa shape index (κ1) is 13.1. The molecule has 1 heterocycles. The molecule has 1 aromatic rings. The molecule has 0 saturated carbocycles. The summed E-state index contributed by atoms with van der Waals surface area (Å²) in [4.78, 5) is 13.5. The predicted octanol–water partition coefficient (Wildman–Crippen LogP) is 1.71. The summed E-state index contributed by atoms with van der Waals surface area (Å²) in [6.45, 7) is 4.64. The first-order valence-electron chi connectivity index (χ1n) is 6.36. The number of carboxylic acid groups (broad SMARTS) is 1. The van der Waals surface area contributed by atoms with Gasteiger partial charge < -0.3 is 9.84 Å². The van der Waals surface area contributed by atoms with Crippen LogP contribution < -0.4 is 0 Å². The number of carboxylic acids is 1. The average molecular weight is 249 g/mol. The zero-order valence-electron chi connectivity index (χ0n) is 10.6. The smallest absolute Gasteiger partial charge is 0.325 e. The van der Waals surface area contributed by atoms with Crippen LogP contribution in [0.15, 0.2) is 24.3 Å². The Bertz CT molecular complexity index is 419. The Balaban J connectivity index is 2.16. The molecule has 1 aromatic carbocycles. The fourth-order valence-corrected chi connectivity index (χ4v) is 2.47. The van der Waals surface area contributed by atoms with Crippen molar-refractivity contribution in [1.29, 1.82) is 0 Å². The van der Waals surface area contributed by atoms with Gasteiger partial charge in [0.2, 0.25) is 0 Å². The number of benzene rings is 1. The quantitative estimate of drug-likeness (QED) is 0.807. The Hall–Kier alpha value is -1.39. The first-order chi connectivity index (χ1) is 8.74. The highest BCUT2D eigenvalue weighted by Crippen LogP contribution is 2.29. The zero-order valence-corrected chi connectivity index (χ0v) is 10.6. The van der Waals surface area contributed by atoms with E-state index in [0.717, 1.165) is 24.1 Å². The van der Waals surface area contributed by atoms with E-state index in [4.69, 9.17) is 4.74 Å². The van der Waals surface area contributed by atoms with Gasteiger partial charge in [0.25, 0.3) is 0 Å². The highest BCUT2D eigenvalue weighted by atomic mass is 16.5. The number of aliphatic carboxylic acids is 1. The van der Waals surface area contributed by atoms with Gasteiger partial charge in [0.05, 0.1) is 6.61 Å². The maximum Gasteiger partial charge on any atom is 0.325 e. The summed E-state index contributed by atoms with van der Waals surface area (Å²) in [7, 11) is 0. The number of hydrogen-bond acceptors (Lipinski definition) is 3. The summed E-state index contributed by atoms with van der Waals surface area (Å²) in [5.41, 5.74) is 2.07. The van der Waals surface area contributed by atoms with Crippen LogP contribution in [0.5, 0.6) is 0 Å². The summed E-state index contributed by atoms with van der Waals surface area (Å²) in [6.07, 6.45) is 0.909. The molecule has 1 N–H and O–H groups in total. The van der Waals surface area contributed by atoms with Crippen molar-refractivity contribution in [3.05, 3.63) is 35.4 Å². The molecule has 1 aliphatic rings. The molecular formula is C14H19NO3. The molecule has 2 rings (SSSR count). The number of hydrogen-bond donors (Lipinski definition) is 1. The van der Waals surface area contributed by atoms with Crippen LogP contribution in [0.1, 0.15) is 24.1 Å². The van der Waals surface area contributed by atoms with Gasteiger partial charge in [0.1, 0.15) is 6.04 Å². The van der Waals surface area contributed by atoms with Crippen LogP contribution in [0.4, 0.5) is 0 Å². The van der Waals surface area contributed by atoms with Gasteiger partial charge in [-0.2, -0.15) is 0 Å². The molecular weight excluding hydrogens is 230 g/mol. The van der Waals surface area contributed by atoms with Gasteiger partial charge in [-0.05, 0) is 24.5 Å². The van der Waals surface area contributed by atoms with Gasteiger partial charge in [-0.1, -0.05) is 24.3 Å². The van der Waals surface area contributed by atoms with E-state index < -0.39 is 12.0 Å². The van der Waals surface area contributed by atoms with Gasteiger partial charge in [-0.25, -0.2) is 0 Å². The van der Waals surface area contributed by atoms with E-state index in [2.05, 4.69) is 0 Å². The molecule has 4 heteroatoms. The van der Waals surface area contributed by atoms with Gasteiger partial charge in [-0.3, -0.25) is 9.69 Å². The molecule has 1 atom stereocenters. The van der Waals surface area contributed by atoms with Crippen LogP contribution in [-0.2, 0) is 16.0 Å². The maximum absolute atomic E-state index is 11.5. The Morgan fingerprint density at radius 2 is 2.28 bits per heavy atom. The normalized spacial score (nSPS) is 19.5. The summed E-state index contributed by atoms with van der Waals surface area (Å²) in [6, 6.07) is 7.27. The SMILES string of the molecule is CCOCCN1CCc2ccccc2C1C(=O)O. The Kier molecular flexibility index (Phi) is 4.33. The Labute approximate surface area is 107 Å². The molecule has 0 amide bonds. The third-order valence-corrected chi connectivity index (χ3v) is 3.34. The molecule has 18 heavy (non-hydrogen) atoms. The monoisotopic (exact) mass is 249 g/mol. The highest BCUT2D eigenvalue weighted by Gasteiger charge is 2.32. The van der Waals surface area contributed by atoms with Crippen molar-refractivity contribution in [2.45, 2.75) is 19.4 Å². The van der Waals surface area contributed by atoms with Gasteiger partial charge >= 0.3 is 5.97 Å². The summed E-state index contributed by atoms with van der Waals surface area (Å²) in [5, 5.41) is 9.43. The lowest BCUT2D eigenvalue weighted by Gasteiger charge is -2.34. The lowest BCUT2D eigenvalue weighted by Crippen LogP contribution is -2.41. The lowest BCUT2D eigenvalue weighted by molar-refractivity contribution is -0.144. The van der Waals surface area contributed by atoms with E-state index in [0.29, 0.717) is 19.8 Å². The molecule has 0 spiro atoms. The molecule has 0 saturated heterocycles. The highest BCUT2D eigenvalue weighted by molar-refractivity contribution is 5.76. The van der Waals surface area contributed by atoms with E-state index in [1.165, 1.54) is 0 Å². The number of nitrogens with zero attached hydrogens (tertiary/aromatic N) is 1. The van der Waals surface area contributed by atoms with Crippen molar-refractivity contribution in [3.8, 4) is 0 Å². The van der Waals surface area contributed by atoms with Crippen molar-refractivity contribution >= 4 is 5.97 Å². The van der Waals surface area contributed by atoms with Gasteiger partial charge in [0, 0.05) is 19.7 Å². The van der Waals surface area contributed by atoms with E-state index in [1.54, 1.807) is 0 Å². The predicted molar refractivity (Wildman–Crippen MR) is 68.6 cm³/mol.